The van der Waals surface area contributed by atoms with Crippen LogP contribution in [0.5, 0.6) is 0 Å². The predicted molar refractivity (Wildman–Crippen MR) is 120 cm³/mol. The van der Waals surface area contributed by atoms with Gasteiger partial charge in [-0.1, -0.05) is 36.0 Å². The van der Waals surface area contributed by atoms with E-state index in [1.807, 2.05) is 75.3 Å². The Kier molecular flexibility index (Phi) is 6.49. The predicted octanol–water partition coefficient (Wildman–Crippen LogP) is 3.56. The van der Waals surface area contributed by atoms with Crippen LogP contribution in [0.15, 0.2) is 52.7 Å². The Bertz CT molecular complexity index is 981. The molecule has 0 aromatic heterocycles. The summed E-state index contributed by atoms with van der Waals surface area (Å²) in [5.74, 6) is -0.261. The minimum atomic E-state index is -0.488. The van der Waals surface area contributed by atoms with Crippen molar-refractivity contribution in [2.24, 2.45) is 10.2 Å². The summed E-state index contributed by atoms with van der Waals surface area (Å²) in [7, 11) is 3.96. The first kappa shape index (κ1) is 20.8. The number of anilines is 1. The molecule has 0 saturated carbocycles. The molecule has 3 rings (SSSR count). The molecular weight excluding hydrogens is 384 g/mol. The van der Waals surface area contributed by atoms with Crippen LogP contribution < -0.4 is 10.2 Å². The van der Waals surface area contributed by atoms with E-state index >= 15 is 0 Å². The van der Waals surface area contributed by atoms with Crippen LogP contribution in [0.4, 0.5) is 5.69 Å². The highest BCUT2D eigenvalue weighted by molar-refractivity contribution is 8.15. The third kappa shape index (κ3) is 5.32. The molecule has 1 N–H and O–H groups in total. The number of rotatable bonds is 6. The number of Topliss-reactive ketones (excluding diaryl/α,β-unsaturated/α-hetero) is 1. The average molecular weight is 409 g/mol. The van der Waals surface area contributed by atoms with Crippen LogP contribution >= 0.6 is 11.8 Å². The molecule has 1 saturated heterocycles. The number of thioether (sulfide) groups is 1. The monoisotopic (exact) mass is 408 g/mol. The lowest BCUT2D eigenvalue weighted by Crippen LogP contribution is -2.26. The lowest BCUT2D eigenvalue weighted by Gasteiger charge is -2.11. The molecule has 29 heavy (non-hydrogen) atoms. The summed E-state index contributed by atoms with van der Waals surface area (Å²) in [5, 5.41) is 10.7. The van der Waals surface area contributed by atoms with Crippen LogP contribution in [0.2, 0.25) is 0 Å². The highest BCUT2D eigenvalue weighted by Gasteiger charge is 2.32. The first-order chi connectivity index (χ1) is 13.8. The van der Waals surface area contributed by atoms with Gasteiger partial charge in [0.15, 0.2) is 11.0 Å². The maximum absolute atomic E-state index is 12.5. The molecular formula is C22H24N4O2S. The zero-order chi connectivity index (χ0) is 21.0. The SMILES string of the molecule is Cc1ccc(C(=O)CC2S/C(=N/N=C/c3ccc(N(C)C)cc3)NC2=O)cc1C. The number of hydrogen-bond acceptors (Lipinski definition) is 6. The molecule has 2 aromatic carbocycles. The Morgan fingerprint density at radius 1 is 1.14 bits per heavy atom. The third-order valence-corrected chi connectivity index (χ3v) is 5.81. The first-order valence-corrected chi connectivity index (χ1v) is 10.2. The van der Waals surface area contributed by atoms with Gasteiger partial charge in [0.2, 0.25) is 5.91 Å². The third-order valence-electron chi connectivity index (χ3n) is 4.74. The van der Waals surface area contributed by atoms with Crippen LogP contribution in [-0.4, -0.2) is 42.4 Å². The number of nitrogens with zero attached hydrogens (tertiary/aromatic N) is 3. The molecule has 1 aliphatic rings. The summed E-state index contributed by atoms with van der Waals surface area (Å²) in [6.45, 7) is 3.98. The Balaban J connectivity index is 1.60. The molecule has 1 unspecified atom stereocenters. The fraction of sp³-hybridized carbons (Fsp3) is 0.273. The van der Waals surface area contributed by atoms with E-state index in [0.717, 1.165) is 22.4 Å². The zero-order valence-corrected chi connectivity index (χ0v) is 17.8. The van der Waals surface area contributed by atoms with Gasteiger partial charge in [0.1, 0.15) is 0 Å². The Hall–Kier alpha value is -2.93. The van der Waals surface area contributed by atoms with E-state index in [2.05, 4.69) is 15.5 Å². The fourth-order valence-corrected chi connectivity index (χ4v) is 3.72. The molecule has 1 aliphatic heterocycles. The lowest BCUT2D eigenvalue weighted by molar-refractivity contribution is -0.118. The minimum Gasteiger partial charge on any atom is -0.378 e. The summed E-state index contributed by atoms with van der Waals surface area (Å²) < 4.78 is 0. The number of hydrogen-bond donors (Lipinski definition) is 1. The quantitative estimate of drug-likeness (QED) is 0.451. The number of nitrogens with one attached hydrogen (secondary N) is 1. The minimum absolute atomic E-state index is 0.0496. The van der Waals surface area contributed by atoms with E-state index < -0.39 is 5.25 Å². The van der Waals surface area contributed by atoms with Crippen molar-refractivity contribution in [3.05, 3.63) is 64.7 Å². The van der Waals surface area contributed by atoms with Crippen LogP contribution in [-0.2, 0) is 4.79 Å². The van der Waals surface area contributed by atoms with Crippen LogP contribution in [0, 0.1) is 13.8 Å². The summed E-state index contributed by atoms with van der Waals surface area (Å²) in [5.41, 5.74) is 4.85. The van der Waals surface area contributed by atoms with E-state index in [1.165, 1.54) is 11.8 Å². The van der Waals surface area contributed by atoms with E-state index in [0.29, 0.717) is 10.7 Å². The Morgan fingerprint density at radius 3 is 2.52 bits per heavy atom. The first-order valence-electron chi connectivity index (χ1n) is 9.30. The van der Waals surface area contributed by atoms with Crippen molar-refractivity contribution >= 4 is 40.5 Å². The van der Waals surface area contributed by atoms with Crippen molar-refractivity contribution in [3.8, 4) is 0 Å². The lowest BCUT2D eigenvalue weighted by atomic mass is 10.0. The largest absolute Gasteiger partial charge is 0.378 e. The van der Waals surface area contributed by atoms with Gasteiger partial charge in [0, 0.05) is 31.8 Å². The Labute approximate surface area is 175 Å². The van der Waals surface area contributed by atoms with Gasteiger partial charge >= 0.3 is 0 Å². The molecule has 6 nitrogen and oxygen atoms in total. The second-order valence-electron chi connectivity index (χ2n) is 7.16. The molecule has 0 aliphatic carbocycles. The Morgan fingerprint density at radius 2 is 1.86 bits per heavy atom. The van der Waals surface area contributed by atoms with Gasteiger partial charge in [-0.15, -0.1) is 5.10 Å². The molecule has 1 fully saturated rings. The van der Waals surface area contributed by atoms with E-state index in [9.17, 15) is 9.59 Å². The van der Waals surface area contributed by atoms with Crippen molar-refractivity contribution in [3.63, 3.8) is 0 Å². The number of ketones is 1. The van der Waals surface area contributed by atoms with Crippen LogP contribution in [0.25, 0.3) is 0 Å². The summed E-state index contributed by atoms with van der Waals surface area (Å²) in [4.78, 5) is 26.7. The van der Waals surface area contributed by atoms with Gasteiger partial charge in [-0.3, -0.25) is 9.59 Å². The second kappa shape index (κ2) is 9.05. The number of benzene rings is 2. The standard InChI is InChI=1S/C22H24N4O2S/c1-14-5-8-17(11-15(14)2)19(27)12-20-21(28)24-22(29-20)25-23-13-16-6-9-18(10-7-16)26(3)4/h5-11,13,20H,12H2,1-4H3,(H,24,25,28)/b23-13+. The van der Waals surface area contributed by atoms with Gasteiger partial charge in [-0.25, -0.2) is 0 Å². The van der Waals surface area contributed by atoms with Gasteiger partial charge in [-0.2, -0.15) is 5.10 Å². The van der Waals surface area contributed by atoms with Crippen molar-refractivity contribution in [1.82, 2.24) is 5.32 Å². The van der Waals surface area contributed by atoms with Crippen molar-refractivity contribution in [1.29, 1.82) is 0 Å². The number of amidine groups is 1. The smallest absolute Gasteiger partial charge is 0.240 e. The average Bonchev–Trinajstić information content (AvgIpc) is 3.03. The molecule has 0 spiro atoms. The second-order valence-corrected chi connectivity index (χ2v) is 8.35. The van der Waals surface area contributed by atoms with Gasteiger partial charge in [0.25, 0.3) is 0 Å². The number of carbonyl (C=O) groups is 2. The van der Waals surface area contributed by atoms with Crippen molar-refractivity contribution in [2.45, 2.75) is 25.5 Å². The van der Waals surface area contributed by atoms with Gasteiger partial charge < -0.3 is 10.2 Å². The van der Waals surface area contributed by atoms with Crippen molar-refractivity contribution < 1.29 is 9.59 Å². The molecule has 1 heterocycles. The fourth-order valence-electron chi connectivity index (χ4n) is 2.79. The summed E-state index contributed by atoms with van der Waals surface area (Å²) in [6, 6.07) is 13.5. The zero-order valence-electron chi connectivity index (χ0n) is 17.0. The summed E-state index contributed by atoms with van der Waals surface area (Å²) >= 11 is 1.24. The molecule has 0 bridgehead atoms. The van der Waals surface area contributed by atoms with Gasteiger partial charge in [0.05, 0.1) is 11.5 Å². The molecule has 7 heteroatoms. The molecule has 2 aromatic rings. The molecule has 1 amide bonds. The maximum Gasteiger partial charge on any atom is 0.240 e. The highest BCUT2D eigenvalue weighted by atomic mass is 32.2. The number of carbonyl (C=O) groups excluding carboxylic acids is 2. The van der Waals surface area contributed by atoms with Crippen molar-refractivity contribution in [2.75, 3.05) is 19.0 Å². The van der Waals surface area contributed by atoms with Crippen LogP contribution in [0.3, 0.4) is 0 Å². The topological polar surface area (TPSA) is 74.1 Å². The highest BCUT2D eigenvalue weighted by Crippen LogP contribution is 2.24. The van der Waals surface area contributed by atoms with E-state index in [-0.39, 0.29) is 18.1 Å². The molecule has 0 radical (unpaired) electrons. The molecule has 150 valence electrons. The van der Waals surface area contributed by atoms with Gasteiger partial charge in [-0.05, 0) is 48.7 Å². The summed E-state index contributed by atoms with van der Waals surface area (Å²) in [6.07, 6.45) is 1.76. The normalized spacial score (nSPS) is 17.7. The van der Waals surface area contributed by atoms with E-state index in [1.54, 1.807) is 6.21 Å². The number of amides is 1. The number of aryl methyl sites for hydroxylation is 2. The van der Waals surface area contributed by atoms with Crippen LogP contribution in [0.1, 0.15) is 33.5 Å². The molecule has 1 atom stereocenters. The maximum atomic E-state index is 12.5. The van der Waals surface area contributed by atoms with E-state index in [4.69, 9.17) is 0 Å².